The quantitative estimate of drug-likeness (QED) is 0.634. The molecule has 0 aliphatic rings. The van der Waals surface area contributed by atoms with Gasteiger partial charge in [0.15, 0.2) is 5.75 Å². The van der Waals surface area contributed by atoms with Gasteiger partial charge in [-0.05, 0) is 32.5 Å². The Bertz CT molecular complexity index is 557. The molecule has 0 saturated carbocycles. The van der Waals surface area contributed by atoms with Crippen molar-refractivity contribution in [3.8, 4) is 11.8 Å². The minimum atomic E-state index is -0.710. The van der Waals surface area contributed by atoms with E-state index in [-0.39, 0.29) is 18.0 Å². The zero-order valence-electron chi connectivity index (χ0n) is 11.6. The van der Waals surface area contributed by atoms with Gasteiger partial charge in [-0.2, -0.15) is 5.26 Å². The Morgan fingerprint density at radius 3 is 2.75 bits per heavy atom. The van der Waals surface area contributed by atoms with E-state index in [9.17, 15) is 10.1 Å². The van der Waals surface area contributed by atoms with Gasteiger partial charge < -0.3 is 10.1 Å². The van der Waals surface area contributed by atoms with Crippen LogP contribution in [0.3, 0.4) is 0 Å². The fourth-order valence-corrected chi connectivity index (χ4v) is 2.19. The fourth-order valence-electron chi connectivity index (χ4n) is 1.63. The second-order valence-electron chi connectivity index (χ2n) is 4.62. The maximum atomic E-state index is 11.0. The number of hydrogen-bond acceptors (Lipinski definition) is 5. The largest absolute Gasteiger partial charge is 0.487 e. The number of nitriles is 1. The molecule has 20 heavy (non-hydrogen) atoms. The number of benzene rings is 1. The Morgan fingerprint density at radius 2 is 2.25 bits per heavy atom. The molecule has 1 rings (SSSR count). The van der Waals surface area contributed by atoms with Crippen LogP contribution in [0.4, 0.5) is 5.69 Å². The monoisotopic (exact) mass is 341 g/mol. The molecule has 1 atom stereocenters. The van der Waals surface area contributed by atoms with Gasteiger partial charge in [-0.25, -0.2) is 0 Å². The number of halogens is 1. The lowest BCUT2D eigenvalue weighted by Gasteiger charge is -2.20. The van der Waals surface area contributed by atoms with Crippen LogP contribution >= 0.6 is 15.9 Å². The van der Waals surface area contributed by atoms with E-state index in [1.807, 2.05) is 0 Å². The second kappa shape index (κ2) is 6.68. The first-order chi connectivity index (χ1) is 9.33. The SMILES string of the molecule is CNC(C)(C#N)CCOc1c(C)cc(Br)cc1[N+](=O)[O-]. The molecule has 0 fully saturated rings. The van der Waals surface area contributed by atoms with Crippen molar-refractivity contribution in [2.24, 2.45) is 0 Å². The Labute approximate surface area is 126 Å². The van der Waals surface area contributed by atoms with Crippen molar-refractivity contribution in [3.63, 3.8) is 0 Å². The van der Waals surface area contributed by atoms with Crippen LogP contribution in [0.1, 0.15) is 18.9 Å². The lowest BCUT2D eigenvalue weighted by molar-refractivity contribution is -0.386. The Morgan fingerprint density at radius 1 is 1.60 bits per heavy atom. The number of nitro benzene ring substituents is 1. The summed E-state index contributed by atoms with van der Waals surface area (Å²) in [6.07, 6.45) is 0.423. The number of nitrogens with zero attached hydrogens (tertiary/aromatic N) is 2. The highest BCUT2D eigenvalue weighted by molar-refractivity contribution is 9.10. The third-order valence-electron chi connectivity index (χ3n) is 3.06. The summed E-state index contributed by atoms with van der Waals surface area (Å²) in [5.74, 6) is 0.245. The van der Waals surface area contributed by atoms with Gasteiger partial charge in [0, 0.05) is 17.0 Å². The third-order valence-corrected chi connectivity index (χ3v) is 3.52. The normalized spacial score (nSPS) is 13.3. The molecule has 0 saturated heterocycles. The molecule has 0 heterocycles. The summed E-state index contributed by atoms with van der Waals surface area (Å²) in [5, 5.41) is 23.0. The summed E-state index contributed by atoms with van der Waals surface area (Å²) in [6, 6.07) is 5.30. The minimum Gasteiger partial charge on any atom is -0.487 e. The van der Waals surface area contributed by atoms with Gasteiger partial charge in [-0.3, -0.25) is 10.1 Å². The van der Waals surface area contributed by atoms with E-state index in [2.05, 4.69) is 27.3 Å². The highest BCUT2D eigenvalue weighted by atomic mass is 79.9. The van der Waals surface area contributed by atoms with Gasteiger partial charge in [0.2, 0.25) is 0 Å². The summed E-state index contributed by atoms with van der Waals surface area (Å²) in [4.78, 5) is 10.6. The molecular formula is C13H16BrN3O3. The van der Waals surface area contributed by atoms with Crippen molar-refractivity contribution >= 4 is 21.6 Å². The van der Waals surface area contributed by atoms with Gasteiger partial charge in [0.1, 0.15) is 5.54 Å². The number of ether oxygens (including phenoxy) is 1. The van der Waals surface area contributed by atoms with Crippen LogP contribution in [0, 0.1) is 28.4 Å². The lowest BCUT2D eigenvalue weighted by atomic mass is 10.0. The topological polar surface area (TPSA) is 88.2 Å². The van der Waals surface area contributed by atoms with Gasteiger partial charge >= 0.3 is 5.69 Å². The first-order valence-corrected chi connectivity index (χ1v) is 6.80. The molecule has 1 unspecified atom stereocenters. The molecule has 0 bridgehead atoms. The number of nitro groups is 1. The van der Waals surface area contributed by atoms with Crippen molar-refractivity contribution < 1.29 is 9.66 Å². The smallest absolute Gasteiger partial charge is 0.312 e. The number of hydrogen-bond donors (Lipinski definition) is 1. The first-order valence-electron chi connectivity index (χ1n) is 6.00. The van der Waals surface area contributed by atoms with E-state index in [1.165, 1.54) is 6.07 Å². The maximum absolute atomic E-state index is 11.0. The number of nitrogens with one attached hydrogen (secondary N) is 1. The fraction of sp³-hybridized carbons (Fsp3) is 0.462. The van der Waals surface area contributed by atoms with E-state index in [0.29, 0.717) is 16.5 Å². The predicted octanol–water partition coefficient (Wildman–Crippen LogP) is 2.94. The van der Waals surface area contributed by atoms with Crippen molar-refractivity contribution in [1.82, 2.24) is 5.32 Å². The van der Waals surface area contributed by atoms with Crippen LogP contribution in [0.5, 0.6) is 5.75 Å². The lowest BCUT2D eigenvalue weighted by Crippen LogP contribution is -2.39. The van der Waals surface area contributed by atoms with Gasteiger partial charge in [0.25, 0.3) is 0 Å². The van der Waals surface area contributed by atoms with Crippen molar-refractivity contribution in [2.45, 2.75) is 25.8 Å². The first kappa shape index (κ1) is 16.4. The summed E-state index contributed by atoms with van der Waals surface area (Å²) in [7, 11) is 1.69. The van der Waals surface area contributed by atoms with E-state index < -0.39 is 10.5 Å². The van der Waals surface area contributed by atoms with Gasteiger partial charge in [0.05, 0.1) is 17.6 Å². The molecule has 0 aromatic heterocycles. The van der Waals surface area contributed by atoms with Crippen LogP contribution in [0.25, 0.3) is 0 Å². The van der Waals surface area contributed by atoms with E-state index >= 15 is 0 Å². The molecule has 1 aromatic rings. The van der Waals surface area contributed by atoms with Crippen LogP contribution in [-0.2, 0) is 0 Å². The molecule has 0 radical (unpaired) electrons. The minimum absolute atomic E-state index is 0.0833. The van der Waals surface area contributed by atoms with Crippen molar-refractivity contribution in [3.05, 3.63) is 32.3 Å². The Hall–Kier alpha value is -1.65. The molecule has 1 aromatic carbocycles. The number of rotatable bonds is 6. The average molecular weight is 342 g/mol. The zero-order chi connectivity index (χ0) is 15.3. The van der Waals surface area contributed by atoms with E-state index in [0.717, 1.165) is 0 Å². The van der Waals surface area contributed by atoms with Crippen LogP contribution < -0.4 is 10.1 Å². The van der Waals surface area contributed by atoms with Gasteiger partial charge in [-0.15, -0.1) is 0 Å². The summed E-state index contributed by atoms with van der Waals surface area (Å²) in [5.41, 5.74) is -0.118. The molecule has 0 aliphatic heterocycles. The molecule has 0 amide bonds. The van der Waals surface area contributed by atoms with Crippen molar-refractivity contribution in [1.29, 1.82) is 5.26 Å². The standard InChI is InChI=1S/C13H16BrN3O3/c1-9-6-10(14)7-11(17(18)19)12(9)20-5-4-13(2,8-15)16-3/h6-7,16H,4-5H2,1-3H3. The molecule has 7 heteroatoms. The Balaban J connectivity index is 2.89. The number of aryl methyl sites for hydroxylation is 1. The second-order valence-corrected chi connectivity index (χ2v) is 5.54. The molecular weight excluding hydrogens is 326 g/mol. The highest BCUT2D eigenvalue weighted by Gasteiger charge is 2.23. The molecule has 0 spiro atoms. The third kappa shape index (κ3) is 3.92. The summed E-state index contributed by atoms with van der Waals surface area (Å²) < 4.78 is 6.16. The molecule has 108 valence electrons. The summed E-state index contributed by atoms with van der Waals surface area (Å²) >= 11 is 3.22. The predicted molar refractivity (Wildman–Crippen MR) is 78.7 cm³/mol. The molecule has 6 nitrogen and oxygen atoms in total. The van der Waals surface area contributed by atoms with E-state index in [4.69, 9.17) is 10.00 Å². The average Bonchev–Trinajstić information content (AvgIpc) is 2.40. The van der Waals surface area contributed by atoms with Crippen LogP contribution in [0.2, 0.25) is 0 Å². The van der Waals surface area contributed by atoms with Crippen LogP contribution in [-0.4, -0.2) is 24.1 Å². The molecule has 0 aliphatic carbocycles. The van der Waals surface area contributed by atoms with Crippen LogP contribution in [0.15, 0.2) is 16.6 Å². The maximum Gasteiger partial charge on any atom is 0.312 e. The van der Waals surface area contributed by atoms with Crippen molar-refractivity contribution in [2.75, 3.05) is 13.7 Å². The zero-order valence-corrected chi connectivity index (χ0v) is 13.2. The molecule has 1 N–H and O–H groups in total. The van der Waals surface area contributed by atoms with E-state index in [1.54, 1.807) is 27.0 Å². The Kier molecular flexibility index (Phi) is 5.48. The summed E-state index contributed by atoms with van der Waals surface area (Å²) in [6.45, 7) is 3.71. The highest BCUT2D eigenvalue weighted by Crippen LogP contribution is 2.34. The van der Waals surface area contributed by atoms with Gasteiger partial charge in [-0.1, -0.05) is 15.9 Å².